The first-order valence-electron chi connectivity index (χ1n) is 7.89. The average Bonchev–Trinajstić information content (AvgIpc) is 2.62. The molecule has 2 heterocycles. The van der Waals surface area contributed by atoms with E-state index in [1.54, 1.807) is 0 Å². The lowest BCUT2D eigenvalue weighted by atomic mass is 9.96. The van der Waals surface area contributed by atoms with Crippen LogP contribution in [0.3, 0.4) is 0 Å². The molecule has 0 spiro atoms. The first-order valence-corrected chi connectivity index (χ1v) is 9.05. The van der Waals surface area contributed by atoms with Gasteiger partial charge in [-0.2, -0.15) is 17.0 Å². The standard InChI is InChI=1S/C17H21N3OS/c18-12-14-3-5-16(6-4-14)20-7-1-2-15(13-20)17(21)19-8-10-22-11-9-19/h3-6,15H,1-2,7-11,13H2. The minimum Gasteiger partial charge on any atom is -0.371 e. The molecular formula is C17H21N3OS. The number of amides is 1. The van der Waals surface area contributed by atoms with Gasteiger partial charge in [0.25, 0.3) is 0 Å². The summed E-state index contributed by atoms with van der Waals surface area (Å²) in [5.41, 5.74) is 1.80. The van der Waals surface area contributed by atoms with Crippen molar-refractivity contribution >= 4 is 23.4 Å². The van der Waals surface area contributed by atoms with Crippen LogP contribution in [0.5, 0.6) is 0 Å². The van der Waals surface area contributed by atoms with Gasteiger partial charge in [0.1, 0.15) is 0 Å². The molecule has 1 aromatic rings. The Bertz CT molecular complexity index is 560. The van der Waals surface area contributed by atoms with Gasteiger partial charge in [-0.1, -0.05) is 0 Å². The number of benzene rings is 1. The number of piperidine rings is 1. The Balaban J connectivity index is 1.65. The highest BCUT2D eigenvalue weighted by atomic mass is 32.2. The third-order valence-electron chi connectivity index (χ3n) is 4.45. The zero-order chi connectivity index (χ0) is 15.4. The van der Waals surface area contributed by atoms with Gasteiger partial charge in [0.15, 0.2) is 0 Å². The number of hydrogen-bond acceptors (Lipinski definition) is 4. The first kappa shape index (κ1) is 15.2. The lowest BCUT2D eigenvalue weighted by Gasteiger charge is -2.37. The monoisotopic (exact) mass is 315 g/mol. The quantitative estimate of drug-likeness (QED) is 0.840. The lowest BCUT2D eigenvalue weighted by molar-refractivity contribution is -0.135. The second-order valence-corrected chi connectivity index (χ2v) is 7.11. The molecule has 0 N–H and O–H groups in total. The van der Waals surface area contributed by atoms with Crippen LogP contribution in [0.1, 0.15) is 18.4 Å². The normalized spacial score (nSPS) is 22.2. The lowest BCUT2D eigenvalue weighted by Crippen LogP contribution is -2.47. The van der Waals surface area contributed by atoms with Gasteiger partial charge in [-0.25, -0.2) is 0 Å². The molecule has 1 atom stereocenters. The van der Waals surface area contributed by atoms with Crippen molar-refractivity contribution < 1.29 is 4.79 Å². The van der Waals surface area contributed by atoms with Crippen LogP contribution < -0.4 is 4.90 Å². The molecule has 1 amide bonds. The van der Waals surface area contributed by atoms with Crippen LogP contribution >= 0.6 is 11.8 Å². The summed E-state index contributed by atoms with van der Waals surface area (Å²) in [5.74, 6) is 2.58. The van der Waals surface area contributed by atoms with Gasteiger partial charge >= 0.3 is 0 Å². The maximum atomic E-state index is 12.7. The summed E-state index contributed by atoms with van der Waals surface area (Å²) in [4.78, 5) is 17.0. The molecule has 1 unspecified atom stereocenters. The van der Waals surface area contributed by atoms with E-state index in [-0.39, 0.29) is 5.92 Å². The van der Waals surface area contributed by atoms with Crippen LogP contribution in [-0.2, 0) is 4.79 Å². The third kappa shape index (κ3) is 3.38. The molecule has 0 aliphatic carbocycles. The summed E-state index contributed by atoms with van der Waals surface area (Å²) in [6.45, 7) is 3.59. The first-order chi connectivity index (χ1) is 10.8. The number of nitriles is 1. The Morgan fingerprint density at radius 1 is 1.18 bits per heavy atom. The second-order valence-electron chi connectivity index (χ2n) is 5.88. The summed E-state index contributed by atoms with van der Waals surface area (Å²) >= 11 is 1.93. The molecule has 0 aromatic heterocycles. The van der Waals surface area contributed by atoms with Crippen LogP contribution in [0, 0.1) is 17.2 Å². The summed E-state index contributed by atoms with van der Waals surface area (Å²) < 4.78 is 0. The molecule has 22 heavy (non-hydrogen) atoms. The van der Waals surface area contributed by atoms with Crippen molar-refractivity contribution in [3.8, 4) is 6.07 Å². The molecule has 116 valence electrons. The Morgan fingerprint density at radius 3 is 2.59 bits per heavy atom. The van der Waals surface area contributed by atoms with Gasteiger partial charge in [0, 0.05) is 43.4 Å². The topological polar surface area (TPSA) is 47.3 Å². The van der Waals surface area contributed by atoms with E-state index in [1.807, 2.05) is 40.9 Å². The van der Waals surface area contributed by atoms with Gasteiger partial charge in [-0.05, 0) is 37.1 Å². The van der Waals surface area contributed by atoms with Gasteiger partial charge in [-0.15, -0.1) is 0 Å². The Morgan fingerprint density at radius 2 is 1.91 bits per heavy atom. The number of hydrogen-bond donors (Lipinski definition) is 0. The number of anilines is 1. The van der Waals surface area contributed by atoms with E-state index >= 15 is 0 Å². The highest BCUT2D eigenvalue weighted by Gasteiger charge is 2.30. The van der Waals surface area contributed by atoms with Crippen molar-refractivity contribution in [3.05, 3.63) is 29.8 Å². The van der Waals surface area contributed by atoms with Crippen LogP contribution in [-0.4, -0.2) is 48.5 Å². The number of nitrogens with zero attached hydrogens (tertiary/aromatic N) is 3. The predicted octanol–water partition coefficient (Wildman–Crippen LogP) is 2.35. The maximum absolute atomic E-state index is 12.7. The molecule has 2 aliphatic heterocycles. The highest BCUT2D eigenvalue weighted by molar-refractivity contribution is 7.99. The van der Waals surface area contributed by atoms with Crippen LogP contribution in [0.4, 0.5) is 5.69 Å². The maximum Gasteiger partial charge on any atom is 0.227 e. The Labute approximate surface area is 136 Å². The fraction of sp³-hybridized carbons (Fsp3) is 0.529. The zero-order valence-electron chi connectivity index (χ0n) is 12.7. The minimum atomic E-state index is 0.118. The summed E-state index contributed by atoms with van der Waals surface area (Å²) in [7, 11) is 0. The molecule has 4 nitrogen and oxygen atoms in total. The summed E-state index contributed by atoms with van der Waals surface area (Å²) in [5, 5.41) is 8.88. The van der Waals surface area contributed by atoms with Crippen molar-refractivity contribution in [2.45, 2.75) is 12.8 Å². The van der Waals surface area contributed by atoms with Gasteiger partial charge in [0.2, 0.25) is 5.91 Å². The molecule has 2 aliphatic rings. The van der Waals surface area contributed by atoms with Crippen molar-refractivity contribution in [1.29, 1.82) is 5.26 Å². The van der Waals surface area contributed by atoms with Gasteiger partial charge in [-0.3, -0.25) is 4.79 Å². The van der Waals surface area contributed by atoms with Gasteiger partial charge < -0.3 is 9.80 Å². The molecule has 5 heteroatoms. The molecule has 0 radical (unpaired) electrons. The zero-order valence-corrected chi connectivity index (χ0v) is 13.5. The Hall–Kier alpha value is -1.67. The average molecular weight is 315 g/mol. The van der Waals surface area contributed by atoms with E-state index in [9.17, 15) is 4.79 Å². The summed E-state index contributed by atoms with van der Waals surface area (Å²) in [6.07, 6.45) is 2.05. The highest BCUT2D eigenvalue weighted by Crippen LogP contribution is 2.25. The molecule has 1 aromatic carbocycles. The Kier molecular flexibility index (Phi) is 4.89. The van der Waals surface area contributed by atoms with E-state index in [2.05, 4.69) is 11.0 Å². The fourth-order valence-electron chi connectivity index (χ4n) is 3.20. The van der Waals surface area contributed by atoms with E-state index in [4.69, 9.17) is 5.26 Å². The van der Waals surface area contributed by atoms with Gasteiger partial charge in [0.05, 0.1) is 17.6 Å². The van der Waals surface area contributed by atoms with Crippen molar-refractivity contribution in [3.63, 3.8) is 0 Å². The third-order valence-corrected chi connectivity index (χ3v) is 5.40. The number of thioether (sulfide) groups is 1. The number of rotatable bonds is 2. The SMILES string of the molecule is N#Cc1ccc(N2CCCC(C(=O)N3CCSCC3)C2)cc1. The van der Waals surface area contributed by atoms with Crippen LogP contribution in [0.15, 0.2) is 24.3 Å². The number of carbonyl (C=O) groups is 1. The molecule has 0 saturated carbocycles. The van der Waals surface area contributed by atoms with Crippen molar-refractivity contribution in [1.82, 2.24) is 4.90 Å². The largest absolute Gasteiger partial charge is 0.371 e. The van der Waals surface area contributed by atoms with E-state index in [1.165, 1.54) is 0 Å². The van der Waals surface area contributed by atoms with Crippen molar-refractivity contribution in [2.75, 3.05) is 42.6 Å². The van der Waals surface area contributed by atoms with E-state index < -0.39 is 0 Å². The van der Waals surface area contributed by atoms with Crippen LogP contribution in [0.25, 0.3) is 0 Å². The molecule has 2 fully saturated rings. The molecular weight excluding hydrogens is 294 g/mol. The number of carbonyl (C=O) groups excluding carboxylic acids is 1. The second kappa shape index (κ2) is 7.06. The van der Waals surface area contributed by atoms with E-state index in [0.29, 0.717) is 11.5 Å². The molecule has 0 bridgehead atoms. The molecule has 3 rings (SSSR count). The predicted molar refractivity (Wildman–Crippen MR) is 90.0 cm³/mol. The minimum absolute atomic E-state index is 0.118. The summed E-state index contributed by atoms with van der Waals surface area (Å²) in [6, 6.07) is 9.82. The smallest absolute Gasteiger partial charge is 0.227 e. The molecule has 2 saturated heterocycles. The fourth-order valence-corrected chi connectivity index (χ4v) is 4.11. The van der Waals surface area contributed by atoms with E-state index in [0.717, 1.165) is 56.2 Å². The van der Waals surface area contributed by atoms with Crippen LogP contribution in [0.2, 0.25) is 0 Å². The van der Waals surface area contributed by atoms with Crippen molar-refractivity contribution in [2.24, 2.45) is 5.92 Å².